The van der Waals surface area contributed by atoms with E-state index in [9.17, 15) is 0 Å². The Morgan fingerprint density at radius 3 is 2.50 bits per heavy atom. The third kappa shape index (κ3) is 2.47. The zero-order chi connectivity index (χ0) is 4.99. The maximum atomic E-state index is 4.88. The lowest BCUT2D eigenvalue weighted by Gasteiger charge is -2.06. The number of hydrogen-bond donors (Lipinski definition) is 3. The van der Waals surface area contributed by atoms with Gasteiger partial charge < -0.3 is 0 Å². The summed E-state index contributed by atoms with van der Waals surface area (Å²) in [7, 11) is 0. The standard InChI is InChI=1S/C2H9N3S/c1-2-5(6)4-3/h4,6H,2-3H2,1H3. The van der Waals surface area contributed by atoms with E-state index >= 15 is 0 Å². The van der Waals surface area contributed by atoms with Gasteiger partial charge in [0.1, 0.15) is 0 Å². The van der Waals surface area contributed by atoms with Gasteiger partial charge in [-0.2, -0.15) is 9.95 Å². The normalized spacial score (nSPS) is 10.0. The first-order valence-corrected chi connectivity index (χ1v) is 2.14. The van der Waals surface area contributed by atoms with Crippen molar-refractivity contribution in [1.82, 2.24) is 9.95 Å². The zero-order valence-electron chi connectivity index (χ0n) is 3.68. The molecule has 0 heterocycles. The van der Waals surface area contributed by atoms with Gasteiger partial charge in [0.15, 0.2) is 0 Å². The van der Waals surface area contributed by atoms with Crippen LogP contribution in [0.4, 0.5) is 0 Å². The SMILES string of the molecule is CCN(S)NN. The number of thiol groups is 1. The molecule has 0 atom stereocenters. The van der Waals surface area contributed by atoms with Gasteiger partial charge in [0, 0.05) is 6.54 Å². The Kier molecular flexibility index (Phi) is 3.55. The molecule has 6 heavy (non-hydrogen) atoms. The second-order valence-corrected chi connectivity index (χ2v) is 1.33. The number of nitrogens with two attached hydrogens (primary N) is 1. The molecular weight excluding hydrogens is 98.1 g/mol. The molecule has 0 rings (SSSR count). The van der Waals surface area contributed by atoms with E-state index in [1.807, 2.05) is 6.92 Å². The second kappa shape index (κ2) is 3.42. The molecule has 0 saturated carbocycles. The fourth-order valence-electron chi connectivity index (χ4n) is 0.0913. The van der Waals surface area contributed by atoms with Crippen LogP contribution in [0.1, 0.15) is 6.92 Å². The predicted molar refractivity (Wildman–Crippen MR) is 28.7 cm³/mol. The summed E-state index contributed by atoms with van der Waals surface area (Å²) in [6.45, 7) is 2.73. The van der Waals surface area contributed by atoms with Crippen LogP contribution >= 0.6 is 12.8 Å². The summed E-state index contributed by atoms with van der Waals surface area (Å²) < 4.78 is 1.47. The van der Waals surface area contributed by atoms with E-state index in [0.29, 0.717) is 0 Å². The molecule has 4 heteroatoms. The van der Waals surface area contributed by atoms with Crippen LogP contribution in [-0.2, 0) is 0 Å². The van der Waals surface area contributed by atoms with Crippen molar-refractivity contribution in [3.63, 3.8) is 0 Å². The minimum Gasteiger partial charge on any atom is -0.257 e. The maximum absolute atomic E-state index is 4.88. The van der Waals surface area contributed by atoms with Gasteiger partial charge in [0.25, 0.3) is 0 Å². The summed E-state index contributed by atoms with van der Waals surface area (Å²) in [5.41, 5.74) is 2.31. The van der Waals surface area contributed by atoms with E-state index in [-0.39, 0.29) is 0 Å². The fourth-order valence-corrected chi connectivity index (χ4v) is 0.0913. The molecule has 0 unspecified atom stereocenters. The highest BCUT2D eigenvalue weighted by Crippen LogP contribution is 1.78. The van der Waals surface area contributed by atoms with Crippen molar-refractivity contribution in [3.05, 3.63) is 0 Å². The molecule has 3 N–H and O–H groups in total. The van der Waals surface area contributed by atoms with Gasteiger partial charge in [-0.1, -0.05) is 12.8 Å². The number of rotatable bonds is 2. The van der Waals surface area contributed by atoms with Gasteiger partial charge in [-0.15, -0.1) is 0 Å². The smallest absolute Gasteiger partial charge is 0.0227 e. The van der Waals surface area contributed by atoms with Crippen LogP contribution in [0.3, 0.4) is 0 Å². The third-order valence-electron chi connectivity index (χ3n) is 0.449. The highest BCUT2D eigenvalue weighted by molar-refractivity contribution is 7.77. The van der Waals surface area contributed by atoms with Crippen molar-refractivity contribution in [2.24, 2.45) is 5.84 Å². The second-order valence-electron chi connectivity index (χ2n) is 0.845. The molecule has 3 nitrogen and oxygen atoms in total. The molecule has 0 fully saturated rings. The van der Waals surface area contributed by atoms with Crippen molar-refractivity contribution in [3.8, 4) is 0 Å². The van der Waals surface area contributed by atoms with E-state index in [1.165, 1.54) is 4.41 Å². The molecule has 0 saturated heterocycles. The van der Waals surface area contributed by atoms with E-state index in [2.05, 4.69) is 18.3 Å². The van der Waals surface area contributed by atoms with Crippen molar-refractivity contribution < 1.29 is 0 Å². The van der Waals surface area contributed by atoms with Gasteiger partial charge in [-0.3, -0.25) is 5.84 Å². The number of hydrazine groups is 2. The van der Waals surface area contributed by atoms with Gasteiger partial charge >= 0.3 is 0 Å². The first kappa shape index (κ1) is 6.23. The molecule has 0 bridgehead atoms. The van der Waals surface area contributed by atoms with Gasteiger partial charge in [-0.25, -0.2) is 0 Å². The lowest BCUT2D eigenvalue weighted by Crippen LogP contribution is -2.35. The van der Waals surface area contributed by atoms with Crippen LogP contribution in [0.25, 0.3) is 0 Å². The quantitative estimate of drug-likeness (QED) is 0.254. The van der Waals surface area contributed by atoms with Crippen LogP contribution in [0.5, 0.6) is 0 Å². The minimum atomic E-state index is 0.791. The Balaban J connectivity index is 2.75. The molecule has 38 valence electrons. The van der Waals surface area contributed by atoms with Crippen LogP contribution in [0.15, 0.2) is 0 Å². The molecule has 0 aromatic rings. The van der Waals surface area contributed by atoms with E-state index in [4.69, 9.17) is 5.84 Å². The first-order chi connectivity index (χ1) is 2.81. The fraction of sp³-hybridized carbons (Fsp3) is 1.00. The predicted octanol–water partition coefficient (Wildman–Crippen LogP) is -0.469. The van der Waals surface area contributed by atoms with Crippen molar-refractivity contribution >= 4 is 12.8 Å². The Hall–Kier alpha value is 0.230. The number of nitrogens with zero attached hydrogens (tertiary/aromatic N) is 1. The summed E-state index contributed by atoms with van der Waals surface area (Å²) in [6, 6.07) is 0. The molecule has 0 spiro atoms. The largest absolute Gasteiger partial charge is 0.257 e. The average molecular weight is 107 g/mol. The summed E-state index contributed by atoms with van der Waals surface area (Å²) in [5, 5.41) is 0. The average Bonchev–Trinajstić information content (AvgIpc) is 1.65. The molecule has 0 amide bonds. The Morgan fingerprint density at radius 1 is 2.00 bits per heavy atom. The van der Waals surface area contributed by atoms with Gasteiger partial charge in [0.2, 0.25) is 0 Å². The first-order valence-electron chi connectivity index (χ1n) is 1.74. The Bertz CT molecular complexity index is 28.0. The molecule has 0 aromatic carbocycles. The summed E-state index contributed by atoms with van der Waals surface area (Å²) in [5.74, 6) is 4.88. The Labute approximate surface area is 43.0 Å². The lowest BCUT2D eigenvalue weighted by molar-refractivity contribution is 0.382. The van der Waals surface area contributed by atoms with Crippen molar-refractivity contribution in [2.75, 3.05) is 6.54 Å². The molecule has 0 aromatic heterocycles. The van der Waals surface area contributed by atoms with Crippen LogP contribution in [0.2, 0.25) is 0 Å². The highest BCUT2D eigenvalue weighted by atomic mass is 32.1. The topological polar surface area (TPSA) is 41.3 Å². The molecular formula is C2H9N3S. The monoisotopic (exact) mass is 107 g/mol. The molecule has 0 aliphatic heterocycles. The van der Waals surface area contributed by atoms with Crippen LogP contribution in [0, 0.1) is 0 Å². The highest BCUT2D eigenvalue weighted by Gasteiger charge is 1.81. The minimum absolute atomic E-state index is 0.791. The summed E-state index contributed by atoms with van der Waals surface area (Å²) in [4.78, 5) is 0. The molecule has 0 radical (unpaired) electrons. The summed E-state index contributed by atoms with van der Waals surface area (Å²) >= 11 is 3.83. The zero-order valence-corrected chi connectivity index (χ0v) is 4.57. The number of nitrogens with one attached hydrogen (secondary N) is 1. The maximum Gasteiger partial charge on any atom is 0.0227 e. The molecule has 0 aliphatic carbocycles. The molecule has 0 aliphatic rings. The Morgan fingerprint density at radius 2 is 2.50 bits per heavy atom. The van der Waals surface area contributed by atoms with Crippen molar-refractivity contribution in [2.45, 2.75) is 6.92 Å². The van der Waals surface area contributed by atoms with E-state index in [0.717, 1.165) is 6.54 Å². The van der Waals surface area contributed by atoms with E-state index in [1.54, 1.807) is 0 Å². The van der Waals surface area contributed by atoms with Crippen LogP contribution < -0.4 is 11.4 Å². The van der Waals surface area contributed by atoms with Crippen LogP contribution in [-0.4, -0.2) is 11.0 Å². The lowest BCUT2D eigenvalue weighted by atomic mass is 10.8. The van der Waals surface area contributed by atoms with Crippen molar-refractivity contribution in [1.29, 1.82) is 0 Å². The third-order valence-corrected chi connectivity index (χ3v) is 0.847. The van der Waals surface area contributed by atoms with E-state index < -0.39 is 0 Å². The van der Waals surface area contributed by atoms with Gasteiger partial charge in [-0.05, 0) is 6.92 Å². The summed E-state index contributed by atoms with van der Waals surface area (Å²) in [6.07, 6.45) is 0. The number of hydrogen-bond acceptors (Lipinski definition) is 4. The van der Waals surface area contributed by atoms with Gasteiger partial charge in [0.05, 0.1) is 0 Å².